The van der Waals surface area contributed by atoms with Crippen molar-refractivity contribution in [3.8, 4) is 28.7 Å². The minimum Gasteiger partial charge on any atom is -0.504 e. The molecule has 2 N–H and O–H groups in total. The second-order valence-corrected chi connectivity index (χ2v) is 7.58. The zero-order valence-corrected chi connectivity index (χ0v) is 14.9. The Hall–Kier alpha value is -3.15. The van der Waals surface area contributed by atoms with Crippen molar-refractivity contribution in [3.05, 3.63) is 47.0 Å². The molecule has 27 heavy (non-hydrogen) atoms. The van der Waals surface area contributed by atoms with Gasteiger partial charge in [0.15, 0.2) is 17.3 Å². The number of carbonyl (C=O) groups is 1. The van der Waals surface area contributed by atoms with Crippen LogP contribution in [0.4, 0.5) is 0 Å². The van der Waals surface area contributed by atoms with Gasteiger partial charge in [-0.3, -0.25) is 4.79 Å². The topological polar surface area (TPSA) is 85.2 Å². The summed E-state index contributed by atoms with van der Waals surface area (Å²) in [6, 6.07) is 6.21. The molecule has 0 bridgehead atoms. The normalized spacial score (nSPS) is 23.7. The van der Waals surface area contributed by atoms with E-state index in [2.05, 4.69) is 0 Å². The number of Topliss-reactive ketones (excluding diaryl/α,β-unsaturated/α-hetero) is 1. The van der Waals surface area contributed by atoms with E-state index in [0.29, 0.717) is 28.4 Å². The third-order valence-corrected chi connectivity index (χ3v) is 5.21. The van der Waals surface area contributed by atoms with Crippen molar-refractivity contribution in [3.63, 3.8) is 0 Å². The summed E-state index contributed by atoms with van der Waals surface area (Å²) in [4.78, 5) is 13.3. The van der Waals surface area contributed by atoms with E-state index in [1.165, 1.54) is 12.1 Å². The molecule has 0 amide bonds. The van der Waals surface area contributed by atoms with Crippen molar-refractivity contribution in [2.24, 2.45) is 0 Å². The molecular weight excluding hydrogens is 348 g/mol. The highest BCUT2D eigenvalue weighted by Gasteiger charge is 2.44. The fourth-order valence-electron chi connectivity index (χ4n) is 3.89. The average molecular weight is 366 g/mol. The first-order chi connectivity index (χ1) is 12.8. The minimum atomic E-state index is -0.601. The number of hydrogen-bond acceptors (Lipinski definition) is 6. The monoisotopic (exact) mass is 366 g/mol. The number of rotatable bonds is 0. The minimum absolute atomic E-state index is 0.100. The highest BCUT2D eigenvalue weighted by Crippen LogP contribution is 2.49. The summed E-state index contributed by atoms with van der Waals surface area (Å²) in [6.45, 7) is 4.09. The Balaban J connectivity index is 1.63. The van der Waals surface area contributed by atoms with Crippen molar-refractivity contribution in [2.45, 2.75) is 31.5 Å². The van der Waals surface area contributed by atoms with Crippen LogP contribution in [0.2, 0.25) is 0 Å². The van der Waals surface area contributed by atoms with Crippen LogP contribution in [0, 0.1) is 0 Å². The van der Waals surface area contributed by atoms with Gasteiger partial charge >= 0.3 is 0 Å². The van der Waals surface area contributed by atoms with Crippen LogP contribution in [0.5, 0.6) is 28.7 Å². The first-order valence-electron chi connectivity index (χ1n) is 8.79. The lowest BCUT2D eigenvalue weighted by atomic mass is 9.81. The molecule has 3 aliphatic heterocycles. The standard InChI is InChI=1S/C21H18O6/c1-21(2)6-5-10-15(27-21)4-3-11-19(24)18-12-7-13(22)14(23)8-16(12)25-9-17(18)26-20(10)11/h3-8,17-18,22-23H,9H2,1-2H3/t17-,18+/m1/s1. The fraction of sp³-hybridized carbons (Fsp3) is 0.286. The molecular formula is C21H18O6. The number of ketones is 1. The van der Waals surface area contributed by atoms with Gasteiger partial charge in [0.25, 0.3) is 0 Å². The van der Waals surface area contributed by atoms with Crippen LogP contribution in [0.1, 0.15) is 41.3 Å². The van der Waals surface area contributed by atoms with E-state index in [1.54, 1.807) is 12.1 Å². The number of benzene rings is 2. The third-order valence-electron chi connectivity index (χ3n) is 5.21. The molecule has 0 spiro atoms. The molecule has 0 saturated carbocycles. The van der Waals surface area contributed by atoms with Gasteiger partial charge in [-0.2, -0.15) is 0 Å². The lowest BCUT2D eigenvalue weighted by Gasteiger charge is -2.38. The van der Waals surface area contributed by atoms with Crippen LogP contribution in [0.25, 0.3) is 6.08 Å². The Morgan fingerprint density at radius 3 is 2.70 bits per heavy atom. The number of hydrogen-bond donors (Lipinski definition) is 2. The van der Waals surface area contributed by atoms with Gasteiger partial charge in [0.1, 0.15) is 35.6 Å². The van der Waals surface area contributed by atoms with Crippen molar-refractivity contribution in [2.75, 3.05) is 6.61 Å². The summed E-state index contributed by atoms with van der Waals surface area (Å²) in [5.41, 5.74) is 1.32. The van der Waals surface area contributed by atoms with E-state index in [4.69, 9.17) is 14.2 Å². The summed E-state index contributed by atoms with van der Waals surface area (Å²) in [5.74, 6) is 0.284. The molecule has 2 aromatic carbocycles. The highest BCUT2D eigenvalue weighted by molar-refractivity contribution is 6.06. The first-order valence-corrected chi connectivity index (χ1v) is 8.79. The van der Waals surface area contributed by atoms with E-state index in [1.807, 2.05) is 26.0 Å². The van der Waals surface area contributed by atoms with Crippen molar-refractivity contribution in [1.29, 1.82) is 0 Å². The van der Waals surface area contributed by atoms with E-state index in [0.717, 1.165) is 5.56 Å². The molecule has 3 heterocycles. The Morgan fingerprint density at radius 1 is 1.11 bits per heavy atom. The molecule has 0 radical (unpaired) electrons. The van der Waals surface area contributed by atoms with Crippen molar-refractivity contribution < 1.29 is 29.2 Å². The number of fused-ring (bicyclic) bond motifs is 6. The zero-order valence-electron chi connectivity index (χ0n) is 14.9. The average Bonchev–Trinajstić information content (AvgIpc) is 2.61. The second kappa shape index (κ2) is 5.19. The number of aromatic hydroxyl groups is 2. The maximum atomic E-state index is 13.3. The maximum absolute atomic E-state index is 13.3. The second-order valence-electron chi connectivity index (χ2n) is 7.58. The lowest BCUT2D eigenvalue weighted by Crippen LogP contribution is -2.43. The molecule has 0 aromatic heterocycles. The maximum Gasteiger partial charge on any atom is 0.178 e. The summed E-state index contributed by atoms with van der Waals surface area (Å²) in [6.07, 6.45) is 3.34. The molecule has 138 valence electrons. The van der Waals surface area contributed by atoms with Crippen LogP contribution >= 0.6 is 0 Å². The molecule has 2 atom stereocenters. The van der Waals surface area contributed by atoms with Crippen molar-refractivity contribution >= 4 is 11.9 Å². The molecule has 5 rings (SSSR count). The smallest absolute Gasteiger partial charge is 0.178 e. The van der Waals surface area contributed by atoms with Gasteiger partial charge in [-0.15, -0.1) is 0 Å². The molecule has 3 aliphatic rings. The summed E-state index contributed by atoms with van der Waals surface area (Å²) >= 11 is 0. The highest BCUT2D eigenvalue weighted by atomic mass is 16.5. The Morgan fingerprint density at radius 2 is 1.89 bits per heavy atom. The predicted octanol–water partition coefficient (Wildman–Crippen LogP) is 3.40. The Labute approximate surface area is 155 Å². The molecule has 0 aliphatic carbocycles. The van der Waals surface area contributed by atoms with Crippen LogP contribution in [-0.2, 0) is 0 Å². The number of carbonyl (C=O) groups excluding carboxylic acids is 1. The van der Waals surface area contributed by atoms with Gasteiger partial charge in [0.05, 0.1) is 17.0 Å². The molecule has 0 unspecified atom stereocenters. The zero-order chi connectivity index (χ0) is 18.9. The molecule has 0 fully saturated rings. The van der Waals surface area contributed by atoms with Crippen LogP contribution in [0.3, 0.4) is 0 Å². The van der Waals surface area contributed by atoms with E-state index >= 15 is 0 Å². The Bertz CT molecular complexity index is 1020. The molecule has 0 saturated heterocycles. The van der Waals surface area contributed by atoms with Gasteiger partial charge in [-0.05, 0) is 44.2 Å². The summed E-state index contributed by atoms with van der Waals surface area (Å²) < 4.78 is 17.8. The molecule has 6 heteroatoms. The molecule has 6 nitrogen and oxygen atoms in total. The van der Waals surface area contributed by atoms with Crippen LogP contribution in [0.15, 0.2) is 30.3 Å². The predicted molar refractivity (Wildman–Crippen MR) is 96.9 cm³/mol. The Kier molecular flexibility index (Phi) is 3.09. The molecule has 2 aromatic rings. The lowest BCUT2D eigenvalue weighted by molar-refractivity contribution is 0.0553. The first kappa shape index (κ1) is 16.1. The SMILES string of the molecule is CC1(C)C=Cc2c(ccc3c2O[C@@H]2COc4cc(O)c(O)cc4[C@@H]2C3=O)O1. The van der Waals surface area contributed by atoms with Gasteiger partial charge < -0.3 is 24.4 Å². The number of ether oxygens (including phenoxy) is 3. The number of phenolic OH excluding ortho intramolecular Hbond substituents is 2. The fourth-order valence-corrected chi connectivity index (χ4v) is 3.89. The van der Waals surface area contributed by atoms with Gasteiger partial charge in [0.2, 0.25) is 0 Å². The van der Waals surface area contributed by atoms with E-state index in [9.17, 15) is 15.0 Å². The van der Waals surface area contributed by atoms with Crippen LogP contribution in [-0.4, -0.2) is 34.3 Å². The van der Waals surface area contributed by atoms with Gasteiger partial charge in [-0.1, -0.05) is 0 Å². The summed E-state index contributed by atoms with van der Waals surface area (Å²) in [5, 5.41) is 19.6. The largest absolute Gasteiger partial charge is 0.504 e. The third kappa shape index (κ3) is 2.29. The van der Waals surface area contributed by atoms with Crippen LogP contribution < -0.4 is 14.2 Å². The van der Waals surface area contributed by atoms with Gasteiger partial charge in [0, 0.05) is 11.6 Å². The van der Waals surface area contributed by atoms with E-state index < -0.39 is 17.6 Å². The number of phenols is 2. The summed E-state index contributed by atoms with van der Waals surface area (Å²) in [7, 11) is 0. The van der Waals surface area contributed by atoms with E-state index in [-0.39, 0.29) is 23.9 Å². The van der Waals surface area contributed by atoms with Gasteiger partial charge in [-0.25, -0.2) is 0 Å². The van der Waals surface area contributed by atoms with Crippen molar-refractivity contribution in [1.82, 2.24) is 0 Å². The quantitative estimate of drug-likeness (QED) is 0.695.